The Morgan fingerprint density at radius 1 is 1.38 bits per heavy atom. The fourth-order valence-electron chi connectivity index (χ4n) is 1.82. The normalized spacial score (nSPS) is 11.4. The van der Waals surface area contributed by atoms with Gasteiger partial charge < -0.3 is 9.63 Å². The highest BCUT2D eigenvalue weighted by molar-refractivity contribution is 7.92. The van der Waals surface area contributed by atoms with Gasteiger partial charge in [-0.1, -0.05) is 5.16 Å². The molecule has 2 N–H and O–H groups in total. The van der Waals surface area contributed by atoms with E-state index in [1.54, 1.807) is 0 Å². The van der Waals surface area contributed by atoms with Crippen LogP contribution >= 0.6 is 0 Å². The molecule has 0 aliphatic rings. The SMILES string of the molecule is Cc1noc(C)c1S(=O)(=O)Nc1ccc(F)c(C(=O)O)c1. The first-order chi connectivity index (χ1) is 9.72. The van der Waals surface area contributed by atoms with Crippen molar-refractivity contribution in [1.82, 2.24) is 5.16 Å². The lowest BCUT2D eigenvalue weighted by atomic mass is 10.2. The summed E-state index contributed by atoms with van der Waals surface area (Å²) in [4.78, 5) is 10.7. The van der Waals surface area contributed by atoms with Gasteiger partial charge in [-0.25, -0.2) is 17.6 Å². The van der Waals surface area contributed by atoms with Crippen molar-refractivity contribution in [2.75, 3.05) is 4.72 Å². The molecule has 1 aromatic carbocycles. The number of sulfonamides is 1. The number of aromatic carboxylic acids is 1. The van der Waals surface area contributed by atoms with Crippen LogP contribution in [0.1, 0.15) is 21.8 Å². The van der Waals surface area contributed by atoms with Crippen molar-refractivity contribution >= 4 is 21.7 Å². The summed E-state index contributed by atoms with van der Waals surface area (Å²) >= 11 is 0. The quantitative estimate of drug-likeness (QED) is 0.892. The Balaban J connectivity index is 2.42. The van der Waals surface area contributed by atoms with Crippen molar-refractivity contribution in [3.05, 3.63) is 41.0 Å². The van der Waals surface area contributed by atoms with Crippen molar-refractivity contribution in [2.45, 2.75) is 18.7 Å². The zero-order chi connectivity index (χ0) is 15.8. The molecule has 0 saturated carbocycles. The molecule has 21 heavy (non-hydrogen) atoms. The Morgan fingerprint density at radius 3 is 2.57 bits per heavy atom. The smallest absolute Gasteiger partial charge is 0.338 e. The minimum Gasteiger partial charge on any atom is -0.478 e. The Bertz CT molecular complexity index is 794. The van der Waals surface area contributed by atoms with E-state index in [9.17, 15) is 17.6 Å². The first-order valence-corrected chi connectivity index (χ1v) is 7.19. The van der Waals surface area contributed by atoms with Gasteiger partial charge >= 0.3 is 5.97 Å². The number of aromatic nitrogens is 1. The Hall–Kier alpha value is -2.42. The van der Waals surface area contributed by atoms with Crippen molar-refractivity contribution in [2.24, 2.45) is 0 Å². The van der Waals surface area contributed by atoms with E-state index in [2.05, 4.69) is 9.88 Å². The number of carboxylic acid groups (broad SMARTS) is 1. The summed E-state index contributed by atoms with van der Waals surface area (Å²) < 4.78 is 44.7. The topological polar surface area (TPSA) is 110 Å². The van der Waals surface area contributed by atoms with E-state index in [0.717, 1.165) is 18.2 Å². The van der Waals surface area contributed by atoms with Crippen molar-refractivity contribution in [3.8, 4) is 0 Å². The molecular weight excluding hydrogens is 303 g/mol. The summed E-state index contributed by atoms with van der Waals surface area (Å²) in [5.74, 6) is -2.35. The highest BCUT2D eigenvalue weighted by Gasteiger charge is 2.24. The van der Waals surface area contributed by atoms with Gasteiger partial charge in [-0.05, 0) is 32.0 Å². The highest BCUT2D eigenvalue weighted by atomic mass is 32.2. The van der Waals surface area contributed by atoms with Gasteiger partial charge in [0.25, 0.3) is 10.0 Å². The minimum atomic E-state index is -4.01. The monoisotopic (exact) mass is 314 g/mol. The maximum absolute atomic E-state index is 13.3. The number of hydrogen-bond acceptors (Lipinski definition) is 5. The first-order valence-electron chi connectivity index (χ1n) is 5.71. The first kappa shape index (κ1) is 15.0. The van der Waals surface area contributed by atoms with E-state index < -0.39 is 27.4 Å². The lowest BCUT2D eigenvalue weighted by Gasteiger charge is -2.08. The number of hydrogen-bond donors (Lipinski definition) is 2. The Labute approximate surface area is 119 Å². The summed E-state index contributed by atoms with van der Waals surface area (Å²) in [6.45, 7) is 2.89. The fourth-order valence-corrected chi connectivity index (χ4v) is 3.20. The molecule has 7 nitrogen and oxygen atoms in total. The third kappa shape index (κ3) is 2.87. The second kappa shape index (κ2) is 5.17. The molecule has 1 aromatic heterocycles. The largest absolute Gasteiger partial charge is 0.478 e. The summed E-state index contributed by atoms with van der Waals surface area (Å²) in [5.41, 5.74) is -0.539. The van der Waals surface area contributed by atoms with Crippen molar-refractivity contribution < 1.29 is 27.2 Å². The van der Waals surface area contributed by atoms with E-state index >= 15 is 0 Å². The van der Waals surface area contributed by atoms with Crippen LogP contribution in [0.2, 0.25) is 0 Å². The van der Waals surface area contributed by atoms with Crippen LogP contribution in [0.25, 0.3) is 0 Å². The molecule has 112 valence electrons. The van der Waals surface area contributed by atoms with E-state index in [1.165, 1.54) is 13.8 Å². The molecule has 0 radical (unpaired) electrons. The number of anilines is 1. The number of carbonyl (C=O) groups is 1. The molecular formula is C12H11FN2O5S. The van der Waals surface area contributed by atoms with Gasteiger partial charge in [0, 0.05) is 5.69 Å². The lowest BCUT2D eigenvalue weighted by Crippen LogP contribution is -2.15. The molecule has 0 spiro atoms. The zero-order valence-corrected chi connectivity index (χ0v) is 11.9. The van der Waals surface area contributed by atoms with Crippen molar-refractivity contribution in [1.29, 1.82) is 0 Å². The molecule has 2 rings (SSSR count). The van der Waals surface area contributed by atoms with Gasteiger partial charge in [-0.2, -0.15) is 0 Å². The molecule has 2 aromatic rings. The van der Waals surface area contributed by atoms with Crippen LogP contribution in [0, 0.1) is 19.7 Å². The standard InChI is InChI=1S/C12H11FN2O5S/c1-6-11(7(2)20-14-6)21(18,19)15-8-3-4-10(13)9(5-8)12(16)17/h3-5,15H,1-2H3,(H,16,17). The van der Waals surface area contributed by atoms with Gasteiger partial charge in [0.15, 0.2) is 10.7 Å². The maximum Gasteiger partial charge on any atom is 0.338 e. The van der Waals surface area contributed by atoms with Gasteiger partial charge in [0.2, 0.25) is 0 Å². The summed E-state index contributed by atoms with van der Waals surface area (Å²) in [6, 6.07) is 2.89. The van der Waals surface area contributed by atoms with E-state index in [0.29, 0.717) is 0 Å². The molecule has 0 bridgehead atoms. The third-order valence-electron chi connectivity index (χ3n) is 2.69. The number of carboxylic acids is 1. The second-order valence-corrected chi connectivity index (χ2v) is 5.88. The van der Waals surface area contributed by atoms with Crippen LogP contribution in [-0.2, 0) is 10.0 Å². The Morgan fingerprint density at radius 2 is 2.05 bits per heavy atom. The maximum atomic E-state index is 13.3. The van der Waals surface area contributed by atoms with Crippen LogP contribution in [0.5, 0.6) is 0 Å². The molecule has 9 heteroatoms. The number of aryl methyl sites for hydroxylation is 2. The van der Waals surface area contributed by atoms with Gasteiger partial charge in [-0.15, -0.1) is 0 Å². The number of nitrogens with one attached hydrogen (secondary N) is 1. The van der Waals surface area contributed by atoms with Crippen LogP contribution < -0.4 is 4.72 Å². The zero-order valence-electron chi connectivity index (χ0n) is 11.0. The average molecular weight is 314 g/mol. The minimum absolute atomic E-state index is 0.0752. The third-order valence-corrected chi connectivity index (χ3v) is 4.31. The van der Waals surface area contributed by atoms with Gasteiger partial charge in [0.1, 0.15) is 11.5 Å². The van der Waals surface area contributed by atoms with E-state index in [1.807, 2.05) is 0 Å². The fraction of sp³-hybridized carbons (Fsp3) is 0.167. The summed E-state index contributed by atoms with van der Waals surface area (Å²) in [6.07, 6.45) is 0. The second-order valence-electron chi connectivity index (χ2n) is 4.26. The molecule has 0 aliphatic carbocycles. The molecule has 1 heterocycles. The molecule has 0 fully saturated rings. The summed E-state index contributed by atoms with van der Waals surface area (Å²) in [7, 11) is -4.01. The molecule has 0 amide bonds. The Kier molecular flexibility index (Phi) is 3.69. The van der Waals surface area contributed by atoms with E-state index in [-0.39, 0.29) is 22.0 Å². The molecule has 0 saturated heterocycles. The predicted octanol–water partition coefficient (Wildman–Crippen LogP) is 1.93. The average Bonchev–Trinajstić information content (AvgIpc) is 2.71. The van der Waals surface area contributed by atoms with Crippen LogP contribution in [0.3, 0.4) is 0 Å². The molecule has 0 unspecified atom stereocenters. The number of halogens is 1. The summed E-state index contributed by atoms with van der Waals surface area (Å²) in [5, 5.41) is 12.4. The van der Waals surface area contributed by atoms with Crippen LogP contribution in [0.4, 0.5) is 10.1 Å². The van der Waals surface area contributed by atoms with Crippen molar-refractivity contribution in [3.63, 3.8) is 0 Å². The van der Waals surface area contributed by atoms with Crippen LogP contribution in [0.15, 0.2) is 27.6 Å². The molecule has 0 aliphatic heterocycles. The van der Waals surface area contributed by atoms with Gasteiger partial charge in [-0.3, -0.25) is 4.72 Å². The van der Waals surface area contributed by atoms with Crippen LogP contribution in [-0.4, -0.2) is 24.7 Å². The number of benzene rings is 1. The van der Waals surface area contributed by atoms with E-state index in [4.69, 9.17) is 9.63 Å². The molecule has 0 atom stereocenters. The highest BCUT2D eigenvalue weighted by Crippen LogP contribution is 2.23. The number of rotatable bonds is 4. The van der Waals surface area contributed by atoms with Gasteiger partial charge in [0.05, 0.1) is 5.56 Å². The number of nitrogens with zero attached hydrogens (tertiary/aromatic N) is 1. The lowest BCUT2D eigenvalue weighted by molar-refractivity contribution is 0.0692. The predicted molar refractivity (Wildman–Crippen MR) is 70.1 cm³/mol.